The molecular formula is C89H110N5+5. The molecule has 5 heteroatoms. The van der Waals surface area contributed by atoms with Gasteiger partial charge in [0.15, 0.2) is 31.0 Å². The van der Waals surface area contributed by atoms with Crippen LogP contribution in [0.4, 0.5) is 0 Å². The van der Waals surface area contributed by atoms with Gasteiger partial charge in [0.2, 0.25) is 28.5 Å². The Bertz CT molecular complexity index is 4620. The molecule has 0 bridgehead atoms. The summed E-state index contributed by atoms with van der Waals surface area (Å²) in [6.45, 7) is 25.0. The van der Waals surface area contributed by atoms with Crippen molar-refractivity contribution in [3.63, 3.8) is 0 Å². The van der Waals surface area contributed by atoms with Crippen molar-refractivity contribution in [3.05, 3.63) is 263 Å². The Hall–Kier alpha value is -8.15. The minimum Gasteiger partial charge on any atom is -0.201 e. The molecule has 0 saturated heterocycles. The lowest BCUT2D eigenvalue weighted by molar-refractivity contribution is -0.661. The molecule has 0 atom stereocenters. The molecule has 5 heterocycles. The van der Waals surface area contributed by atoms with Crippen molar-refractivity contribution in [1.29, 1.82) is 0 Å². The van der Waals surface area contributed by atoms with Gasteiger partial charge in [-0.05, 0) is 270 Å². The van der Waals surface area contributed by atoms with E-state index in [4.69, 9.17) is 5.48 Å². The second-order valence-corrected chi connectivity index (χ2v) is 28.4. The topological polar surface area (TPSA) is 19.4 Å². The summed E-state index contributed by atoms with van der Waals surface area (Å²) in [5, 5.41) is 0. The second-order valence-electron chi connectivity index (χ2n) is 28.4. The van der Waals surface area contributed by atoms with Crippen LogP contribution in [0.3, 0.4) is 0 Å². The number of aryl methyl sites for hydroxylation is 21. The summed E-state index contributed by atoms with van der Waals surface area (Å²) in [7, 11) is 10.5. The molecule has 0 radical (unpaired) electrons. The van der Waals surface area contributed by atoms with E-state index in [9.17, 15) is 0 Å². The van der Waals surface area contributed by atoms with Crippen LogP contribution >= 0.6 is 0 Å². The first kappa shape index (κ1) is 63.3. The Morgan fingerprint density at radius 3 is 1.13 bits per heavy atom. The van der Waals surface area contributed by atoms with Gasteiger partial charge in [-0.3, -0.25) is 0 Å². The highest BCUT2D eigenvalue weighted by Gasteiger charge is 2.27. The molecule has 0 fully saturated rings. The van der Waals surface area contributed by atoms with Gasteiger partial charge in [0.1, 0.15) is 35.2 Å². The first-order valence-electron chi connectivity index (χ1n) is 36.9. The maximum absolute atomic E-state index is 8.19. The number of benzene rings is 5. The SMILES string of the molecule is Cc1ccc(-c2c3c(cc[n+]2C)CCC3)c(C)c1.Cc1ccc(-c2c3c(cc[n+]2C)CCCC3)c(C)c1.Cc1ccc(-c2cc3c(c[n+]2C)CCC3)c(C)c1.Cc1ccc(-c2cc3c(c[n+]2C)CCCC3)c(C)c1.[2H]C([2H])([2H])c1c[n+](C)c(-c2ccc(C([2H])(C)C)cc2C)c(C)c1C. The van der Waals surface area contributed by atoms with Crippen LogP contribution in [0.15, 0.2) is 146 Å². The van der Waals surface area contributed by atoms with Crippen LogP contribution in [-0.4, -0.2) is 0 Å². The molecule has 5 nitrogen and oxygen atoms in total. The summed E-state index contributed by atoms with van der Waals surface area (Å²) in [5.41, 5.74) is 40.6. The van der Waals surface area contributed by atoms with Gasteiger partial charge >= 0.3 is 0 Å². The summed E-state index contributed by atoms with van der Waals surface area (Å²) in [6.07, 6.45) is 28.7. The molecule has 0 spiro atoms. The summed E-state index contributed by atoms with van der Waals surface area (Å²) in [4.78, 5) is 0. The van der Waals surface area contributed by atoms with Crippen molar-refractivity contribution in [2.24, 2.45) is 35.2 Å². The quantitative estimate of drug-likeness (QED) is 0.148. The third-order valence-corrected chi connectivity index (χ3v) is 20.6. The molecule has 14 rings (SSSR count). The maximum atomic E-state index is 8.19. The molecule has 0 aliphatic heterocycles. The van der Waals surface area contributed by atoms with Gasteiger partial charge in [0.25, 0.3) is 0 Å². The highest BCUT2D eigenvalue weighted by atomic mass is 14.9. The molecule has 0 amide bonds. The number of rotatable bonds is 6. The molecule has 4 aliphatic rings. The van der Waals surface area contributed by atoms with E-state index in [1.165, 1.54) is 185 Å². The van der Waals surface area contributed by atoms with Crippen LogP contribution in [0.2, 0.25) is 0 Å². The highest BCUT2D eigenvalue weighted by molar-refractivity contribution is 5.69. The van der Waals surface area contributed by atoms with E-state index in [0.717, 1.165) is 33.5 Å². The van der Waals surface area contributed by atoms with Crippen LogP contribution in [-0.2, 0) is 86.6 Å². The van der Waals surface area contributed by atoms with E-state index >= 15 is 0 Å². The molecule has 0 saturated carbocycles. The van der Waals surface area contributed by atoms with Gasteiger partial charge in [0, 0.05) is 90.9 Å². The zero-order chi connectivity index (χ0) is 70.7. The van der Waals surface area contributed by atoms with Gasteiger partial charge < -0.3 is 0 Å². The summed E-state index contributed by atoms with van der Waals surface area (Å²) < 4.78 is 42.4. The molecule has 5 aromatic carbocycles. The van der Waals surface area contributed by atoms with Crippen LogP contribution in [0.25, 0.3) is 56.3 Å². The molecule has 4 aliphatic carbocycles. The smallest absolute Gasteiger partial charge is 0.201 e. The van der Waals surface area contributed by atoms with E-state index in [1.807, 2.05) is 58.4 Å². The lowest BCUT2D eigenvalue weighted by atomic mass is 9.87. The Morgan fingerprint density at radius 1 is 0.319 bits per heavy atom. The van der Waals surface area contributed by atoms with Crippen molar-refractivity contribution in [2.75, 3.05) is 0 Å². The van der Waals surface area contributed by atoms with Crippen LogP contribution in [0.5, 0.6) is 0 Å². The average molecular weight is 1250 g/mol. The zero-order valence-corrected chi connectivity index (χ0v) is 60.5. The number of aromatic nitrogens is 5. The lowest BCUT2D eigenvalue weighted by Gasteiger charge is -2.18. The lowest BCUT2D eigenvalue weighted by Crippen LogP contribution is -2.33. The molecule has 486 valence electrons. The summed E-state index contributed by atoms with van der Waals surface area (Å²) in [6, 6.07) is 42.5. The van der Waals surface area contributed by atoms with Crippen molar-refractivity contribution in [2.45, 2.75) is 193 Å². The number of pyridine rings is 5. The Morgan fingerprint density at radius 2 is 0.681 bits per heavy atom. The largest absolute Gasteiger partial charge is 0.216 e. The van der Waals surface area contributed by atoms with Crippen molar-refractivity contribution in [3.8, 4) is 56.3 Å². The highest BCUT2D eigenvalue weighted by Crippen LogP contribution is 2.35. The predicted molar refractivity (Wildman–Crippen MR) is 394 cm³/mol. The van der Waals surface area contributed by atoms with Gasteiger partial charge in [-0.15, -0.1) is 0 Å². The van der Waals surface area contributed by atoms with E-state index in [2.05, 4.69) is 230 Å². The monoisotopic (exact) mass is 1250 g/mol. The third kappa shape index (κ3) is 15.5. The van der Waals surface area contributed by atoms with Crippen LogP contribution in [0.1, 0.15) is 181 Å². The van der Waals surface area contributed by atoms with Crippen LogP contribution < -0.4 is 22.8 Å². The predicted octanol–water partition coefficient (Wildman–Crippen LogP) is 18.4. The minimum atomic E-state index is -2.11. The fourth-order valence-corrected chi connectivity index (χ4v) is 15.3. The Kier molecular flexibility index (Phi) is 20.2. The number of hydrogen-bond donors (Lipinski definition) is 0. The Labute approximate surface area is 572 Å². The molecule has 94 heavy (non-hydrogen) atoms. The van der Waals surface area contributed by atoms with Crippen LogP contribution in [0, 0.1) is 83.0 Å². The molecule has 10 aromatic rings. The fraction of sp³-hybridized carbons (Fsp3) is 0.382. The van der Waals surface area contributed by atoms with Gasteiger partial charge in [0.05, 0.1) is 0 Å². The summed E-state index contributed by atoms with van der Waals surface area (Å²) in [5.74, 6) is -0.637. The molecule has 0 N–H and O–H groups in total. The van der Waals surface area contributed by atoms with Gasteiger partial charge in [-0.2, -0.15) is 0 Å². The first-order chi connectivity index (χ1) is 46.5. The van der Waals surface area contributed by atoms with Crippen molar-refractivity contribution in [1.82, 2.24) is 0 Å². The van der Waals surface area contributed by atoms with Crippen molar-refractivity contribution < 1.29 is 28.3 Å². The van der Waals surface area contributed by atoms with E-state index < -0.39 is 12.7 Å². The molecule has 0 unspecified atom stereocenters. The standard InChI is InChI=1S/C19H26N.2C18H22N.2C17H20N/c1-12(2)17-8-9-18(13(3)10-17)19-16(6)15(5)14(4)11-20(19)7;1-13-8-9-17(14(2)10-13)18-11-15-6-4-5-7-16(15)12-19(18)3;1-13-8-9-16(14(2)12-13)18-17-7-5-4-6-15(17)10-11-19(18)3;1-12-7-8-16(13(2)9-12)17-10-14-5-4-6-15(14)11-18(17)3;1-12-7-8-15(13(2)11-12)17-16-6-4-5-14(16)9-10-18(17)3/h8-12H,1-7H3;2*8-12H,4-7H2,1-3H3;2*7-11H,4-6H2,1-3H3/q5*+1/i4D3,12D;;;;. The van der Waals surface area contributed by atoms with Crippen molar-refractivity contribution >= 4 is 0 Å². The number of nitrogens with zero attached hydrogens (tertiary/aromatic N) is 5. The maximum Gasteiger partial charge on any atom is 0.216 e. The first-order valence-corrected chi connectivity index (χ1v) is 34.9. The molecule has 5 aromatic heterocycles. The van der Waals surface area contributed by atoms with E-state index in [-0.39, 0.29) is 0 Å². The average Bonchev–Trinajstić information content (AvgIpc) is 0.962. The molecular weight excluding hydrogens is 1140 g/mol. The van der Waals surface area contributed by atoms with Gasteiger partial charge in [-0.1, -0.05) is 96.8 Å². The number of hydrogen-bond acceptors (Lipinski definition) is 0. The second kappa shape index (κ2) is 30.1. The normalized spacial score (nSPS) is 14.3. The fourth-order valence-electron chi connectivity index (χ4n) is 15.3. The van der Waals surface area contributed by atoms with E-state index in [1.54, 1.807) is 45.1 Å². The van der Waals surface area contributed by atoms with Gasteiger partial charge in [-0.25, -0.2) is 22.8 Å². The zero-order valence-electron chi connectivity index (χ0n) is 64.5. The number of fused-ring (bicyclic) bond motifs is 4. The third-order valence-electron chi connectivity index (χ3n) is 20.6. The summed E-state index contributed by atoms with van der Waals surface area (Å²) >= 11 is 0. The minimum absolute atomic E-state index is 0.396. The Balaban J connectivity index is 0.000000133. The van der Waals surface area contributed by atoms with E-state index in [0.29, 0.717) is 5.56 Å².